The lowest BCUT2D eigenvalue weighted by Gasteiger charge is -2.23. The van der Waals surface area contributed by atoms with Crippen LogP contribution in [0.25, 0.3) is 10.2 Å². The molecule has 3 aromatic rings. The summed E-state index contributed by atoms with van der Waals surface area (Å²) in [5.74, 6) is -0.0980. The third kappa shape index (κ3) is 3.18. The van der Waals surface area contributed by atoms with Crippen molar-refractivity contribution in [3.05, 3.63) is 57.0 Å². The van der Waals surface area contributed by atoms with Gasteiger partial charge < -0.3 is 4.90 Å². The normalized spacial score (nSPS) is 13.6. The van der Waals surface area contributed by atoms with Gasteiger partial charge in [0, 0.05) is 17.1 Å². The van der Waals surface area contributed by atoms with E-state index in [0.29, 0.717) is 6.54 Å². The van der Waals surface area contributed by atoms with E-state index >= 15 is 0 Å². The Balaban J connectivity index is 1.69. The Hall–Kier alpha value is -2.47. The fraction of sp³-hybridized carbons (Fsp3) is 0.381. The molecule has 0 aliphatic heterocycles. The lowest BCUT2D eigenvalue weighted by atomic mass is 9.97. The summed E-state index contributed by atoms with van der Waals surface area (Å²) >= 11 is 1.63. The summed E-state index contributed by atoms with van der Waals surface area (Å²) in [6, 6.07) is 7.81. The zero-order chi connectivity index (χ0) is 19.0. The van der Waals surface area contributed by atoms with Crippen molar-refractivity contribution < 1.29 is 4.79 Å². The molecule has 0 bridgehead atoms. The number of likely N-dealkylation sites (N-methyl/N-ethyl adjacent to an activating group) is 1. The quantitative estimate of drug-likeness (QED) is 0.692. The highest BCUT2D eigenvalue weighted by Gasteiger charge is 2.22. The Labute approximate surface area is 162 Å². The van der Waals surface area contributed by atoms with Crippen LogP contribution in [0.4, 0.5) is 5.69 Å². The summed E-state index contributed by atoms with van der Waals surface area (Å²) in [5.41, 5.74) is 3.00. The molecular weight excluding hydrogens is 358 g/mol. The highest BCUT2D eigenvalue weighted by Crippen LogP contribution is 2.33. The second-order valence-corrected chi connectivity index (χ2v) is 8.08. The number of amides is 1. The molecule has 1 aromatic carbocycles. The van der Waals surface area contributed by atoms with Crippen LogP contribution in [-0.4, -0.2) is 22.0 Å². The average Bonchev–Trinajstić information content (AvgIpc) is 3.05. The molecule has 2 aromatic heterocycles. The molecule has 5 nitrogen and oxygen atoms in total. The first-order chi connectivity index (χ1) is 13.1. The lowest BCUT2D eigenvalue weighted by Crippen LogP contribution is -2.37. The minimum Gasteiger partial charge on any atom is -0.311 e. The van der Waals surface area contributed by atoms with Gasteiger partial charge in [-0.05, 0) is 56.7 Å². The van der Waals surface area contributed by atoms with Crippen molar-refractivity contribution in [3.63, 3.8) is 0 Å². The minimum absolute atomic E-state index is 0.00850. The molecule has 0 fully saturated rings. The maximum atomic E-state index is 13.1. The standard InChI is InChI=1S/C21H23N3O2S/c1-3-24(16-10-6-4-8-14(16)2)18(25)12-23-13-22-20-19(21(23)26)15-9-5-7-11-17(15)27-20/h4,6,8,10,13H,3,5,7,9,11-12H2,1-2H3. The summed E-state index contributed by atoms with van der Waals surface area (Å²) in [7, 11) is 0. The van der Waals surface area contributed by atoms with Gasteiger partial charge in [-0.2, -0.15) is 0 Å². The van der Waals surface area contributed by atoms with Crippen molar-refractivity contribution in [2.24, 2.45) is 0 Å². The van der Waals surface area contributed by atoms with Crippen molar-refractivity contribution in [1.82, 2.24) is 9.55 Å². The summed E-state index contributed by atoms with van der Waals surface area (Å²) in [4.78, 5) is 34.3. The zero-order valence-electron chi connectivity index (χ0n) is 15.7. The first-order valence-corrected chi connectivity index (χ1v) is 10.3. The van der Waals surface area contributed by atoms with Crippen molar-refractivity contribution in [3.8, 4) is 0 Å². The van der Waals surface area contributed by atoms with Crippen LogP contribution in [0.2, 0.25) is 0 Å². The maximum absolute atomic E-state index is 13.1. The minimum atomic E-state index is -0.0980. The molecule has 0 radical (unpaired) electrons. The number of thiophene rings is 1. The highest BCUT2D eigenvalue weighted by molar-refractivity contribution is 7.18. The molecule has 27 heavy (non-hydrogen) atoms. The van der Waals surface area contributed by atoms with E-state index in [1.807, 2.05) is 38.1 Å². The Morgan fingerprint density at radius 2 is 2.04 bits per heavy atom. The van der Waals surface area contributed by atoms with E-state index in [4.69, 9.17) is 0 Å². The van der Waals surface area contributed by atoms with E-state index in [9.17, 15) is 9.59 Å². The second-order valence-electron chi connectivity index (χ2n) is 6.99. The average molecular weight is 382 g/mol. The maximum Gasteiger partial charge on any atom is 0.262 e. The SMILES string of the molecule is CCN(C(=O)Cn1cnc2sc3c(c2c1=O)CCCC3)c1ccccc1C. The molecule has 0 N–H and O–H groups in total. The molecule has 2 heterocycles. The number of para-hydroxylation sites is 1. The Morgan fingerprint density at radius 3 is 2.81 bits per heavy atom. The van der Waals surface area contributed by atoms with Gasteiger partial charge in [-0.15, -0.1) is 11.3 Å². The van der Waals surface area contributed by atoms with Crippen LogP contribution in [0.3, 0.4) is 0 Å². The summed E-state index contributed by atoms with van der Waals surface area (Å²) in [6.07, 6.45) is 5.79. The number of hydrogen-bond acceptors (Lipinski definition) is 4. The molecule has 0 saturated heterocycles. The molecule has 0 unspecified atom stereocenters. The van der Waals surface area contributed by atoms with Gasteiger partial charge in [-0.3, -0.25) is 14.2 Å². The van der Waals surface area contributed by atoms with Crippen LogP contribution in [0.15, 0.2) is 35.4 Å². The Bertz CT molecular complexity index is 1070. The molecule has 1 aliphatic carbocycles. The first-order valence-electron chi connectivity index (χ1n) is 9.45. The number of benzene rings is 1. The molecule has 0 saturated carbocycles. The van der Waals surface area contributed by atoms with Gasteiger partial charge >= 0.3 is 0 Å². The van der Waals surface area contributed by atoms with Gasteiger partial charge in [0.25, 0.3) is 5.56 Å². The Morgan fingerprint density at radius 1 is 1.26 bits per heavy atom. The monoisotopic (exact) mass is 381 g/mol. The van der Waals surface area contributed by atoms with Crippen LogP contribution < -0.4 is 10.5 Å². The molecule has 6 heteroatoms. The predicted octanol–water partition coefficient (Wildman–Crippen LogP) is 3.70. The zero-order valence-corrected chi connectivity index (χ0v) is 16.5. The number of aryl methyl sites for hydroxylation is 3. The topological polar surface area (TPSA) is 55.2 Å². The number of nitrogens with zero attached hydrogens (tertiary/aromatic N) is 3. The molecule has 0 atom stereocenters. The van der Waals surface area contributed by atoms with Gasteiger partial charge in [-0.1, -0.05) is 18.2 Å². The summed E-state index contributed by atoms with van der Waals surface area (Å²) < 4.78 is 1.47. The van der Waals surface area contributed by atoms with Crippen LogP contribution in [0.1, 0.15) is 35.8 Å². The molecule has 4 rings (SSSR count). The largest absolute Gasteiger partial charge is 0.311 e. The number of aromatic nitrogens is 2. The van der Waals surface area contributed by atoms with Crippen molar-refractivity contribution in [2.45, 2.75) is 46.1 Å². The van der Waals surface area contributed by atoms with E-state index < -0.39 is 0 Å². The van der Waals surface area contributed by atoms with Crippen molar-refractivity contribution >= 4 is 33.1 Å². The van der Waals surface area contributed by atoms with Crippen molar-refractivity contribution in [2.75, 3.05) is 11.4 Å². The fourth-order valence-electron chi connectivity index (χ4n) is 3.87. The lowest BCUT2D eigenvalue weighted by molar-refractivity contribution is -0.119. The summed E-state index contributed by atoms with van der Waals surface area (Å²) in [6.45, 7) is 4.50. The molecule has 1 aliphatic rings. The van der Waals surface area contributed by atoms with Crippen LogP contribution >= 0.6 is 11.3 Å². The highest BCUT2D eigenvalue weighted by atomic mass is 32.1. The van der Waals surface area contributed by atoms with Crippen molar-refractivity contribution in [1.29, 1.82) is 0 Å². The van der Waals surface area contributed by atoms with Gasteiger partial charge in [0.15, 0.2) is 0 Å². The number of rotatable bonds is 4. The molecule has 140 valence electrons. The number of hydrogen-bond donors (Lipinski definition) is 0. The van der Waals surface area contributed by atoms with Crippen LogP contribution in [0, 0.1) is 6.92 Å². The third-order valence-electron chi connectivity index (χ3n) is 5.27. The molecule has 0 spiro atoms. The van der Waals surface area contributed by atoms with Crippen LogP contribution in [0.5, 0.6) is 0 Å². The fourth-order valence-corrected chi connectivity index (χ4v) is 5.09. The van der Waals surface area contributed by atoms with E-state index in [1.54, 1.807) is 16.2 Å². The number of anilines is 1. The van der Waals surface area contributed by atoms with E-state index in [1.165, 1.54) is 22.2 Å². The van der Waals surface area contributed by atoms with Gasteiger partial charge in [0.05, 0.1) is 11.7 Å². The third-order valence-corrected chi connectivity index (χ3v) is 6.47. The Kier molecular flexibility index (Phi) is 4.83. The molecular formula is C21H23N3O2S. The van der Waals surface area contributed by atoms with Gasteiger partial charge in [-0.25, -0.2) is 4.98 Å². The molecule has 1 amide bonds. The second kappa shape index (κ2) is 7.27. The van der Waals surface area contributed by atoms with Gasteiger partial charge in [0.2, 0.25) is 5.91 Å². The van der Waals surface area contributed by atoms with Crippen LogP contribution in [-0.2, 0) is 24.2 Å². The smallest absolute Gasteiger partial charge is 0.262 e. The van der Waals surface area contributed by atoms with Gasteiger partial charge in [0.1, 0.15) is 11.4 Å². The van der Waals surface area contributed by atoms with E-state index in [-0.39, 0.29) is 18.0 Å². The predicted molar refractivity (Wildman–Crippen MR) is 110 cm³/mol. The number of carbonyl (C=O) groups is 1. The van der Waals surface area contributed by atoms with E-state index in [2.05, 4.69) is 4.98 Å². The number of fused-ring (bicyclic) bond motifs is 3. The summed E-state index contributed by atoms with van der Waals surface area (Å²) in [5, 5.41) is 0.726. The number of carbonyl (C=O) groups excluding carboxylic acids is 1. The van der Waals surface area contributed by atoms with E-state index in [0.717, 1.165) is 46.3 Å². The first kappa shape index (κ1) is 17.9.